The van der Waals surface area contributed by atoms with Gasteiger partial charge in [0.05, 0.1) is 23.0 Å². The highest BCUT2D eigenvalue weighted by Crippen LogP contribution is 2.28. The molecule has 3 N–H and O–H groups in total. The third kappa shape index (κ3) is 2.92. The van der Waals surface area contributed by atoms with Gasteiger partial charge < -0.3 is 11.1 Å². The molecule has 0 bridgehead atoms. The number of nitrogens with two attached hydrogens (primary N) is 1. The number of rotatable bonds is 3. The van der Waals surface area contributed by atoms with Gasteiger partial charge in [-0.25, -0.2) is 0 Å². The molecule has 3 heteroatoms. The molecular formula is C17H19N3. The van der Waals surface area contributed by atoms with E-state index in [0.717, 1.165) is 16.9 Å². The van der Waals surface area contributed by atoms with Crippen LogP contribution in [-0.4, -0.2) is 0 Å². The lowest BCUT2D eigenvalue weighted by atomic mass is 10.0. The van der Waals surface area contributed by atoms with E-state index in [1.165, 1.54) is 5.56 Å². The molecule has 102 valence electrons. The number of aryl methyl sites for hydroxylation is 1. The second-order valence-corrected chi connectivity index (χ2v) is 5.27. The molecule has 3 nitrogen and oxygen atoms in total. The van der Waals surface area contributed by atoms with Crippen molar-refractivity contribution in [2.24, 2.45) is 0 Å². The maximum absolute atomic E-state index is 8.86. The van der Waals surface area contributed by atoms with Gasteiger partial charge in [0.15, 0.2) is 0 Å². The Morgan fingerprint density at radius 3 is 2.45 bits per heavy atom. The molecule has 0 fully saturated rings. The van der Waals surface area contributed by atoms with E-state index in [1.807, 2.05) is 6.07 Å². The van der Waals surface area contributed by atoms with Crippen LogP contribution < -0.4 is 11.1 Å². The van der Waals surface area contributed by atoms with Crippen LogP contribution in [0.1, 0.15) is 36.5 Å². The SMILES string of the molecule is Cc1ccc(C(C)C)cc1Nc1ccc(C#N)cc1N. The molecule has 0 unspecified atom stereocenters. The van der Waals surface area contributed by atoms with Crippen molar-refractivity contribution >= 4 is 17.1 Å². The molecule has 0 amide bonds. The first-order chi connectivity index (χ1) is 9.51. The van der Waals surface area contributed by atoms with Crippen molar-refractivity contribution in [3.63, 3.8) is 0 Å². The van der Waals surface area contributed by atoms with Crippen molar-refractivity contribution in [3.8, 4) is 6.07 Å². The minimum Gasteiger partial charge on any atom is -0.397 e. The van der Waals surface area contributed by atoms with E-state index >= 15 is 0 Å². The van der Waals surface area contributed by atoms with Crippen LogP contribution in [0.15, 0.2) is 36.4 Å². The van der Waals surface area contributed by atoms with Crippen LogP contribution in [0.2, 0.25) is 0 Å². The summed E-state index contributed by atoms with van der Waals surface area (Å²) in [5, 5.41) is 12.2. The highest BCUT2D eigenvalue weighted by atomic mass is 14.9. The Kier molecular flexibility index (Phi) is 3.95. The molecule has 0 heterocycles. The van der Waals surface area contributed by atoms with Crippen molar-refractivity contribution < 1.29 is 0 Å². The number of nitrogen functional groups attached to an aromatic ring is 1. The summed E-state index contributed by atoms with van der Waals surface area (Å²) >= 11 is 0. The van der Waals surface area contributed by atoms with E-state index in [-0.39, 0.29) is 0 Å². The zero-order valence-electron chi connectivity index (χ0n) is 12.1. The Labute approximate surface area is 120 Å². The van der Waals surface area contributed by atoms with Gasteiger partial charge in [-0.05, 0) is 48.2 Å². The first-order valence-corrected chi connectivity index (χ1v) is 6.68. The van der Waals surface area contributed by atoms with E-state index in [2.05, 4.69) is 50.4 Å². The molecular weight excluding hydrogens is 246 g/mol. The maximum Gasteiger partial charge on any atom is 0.0992 e. The number of hydrogen-bond acceptors (Lipinski definition) is 3. The number of nitrogens with zero attached hydrogens (tertiary/aromatic N) is 1. The van der Waals surface area contributed by atoms with Crippen molar-refractivity contribution in [1.29, 1.82) is 5.26 Å². The first kappa shape index (κ1) is 14.0. The Morgan fingerprint density at radius 1 is 1.10 bits per heavy atom. The summed E-state index contributed by atoms with van der Waals surface area (Å²) in [5.41, 5.74) is 11.5. The quantitative estimate of drug-likeness (QED) is 0.812. The molecule has 0 spiro atoms. The van der Waals surface area contributed by atoms with E-state index < -0.39 is 0 Å². The van der Waals surface area contributed by atoms with Crippen LogP contribution >= 0.6 is 0 Å². The minimum atomic E-state index is 0.481. The van der Waals surface area contributed by atoms with Crippen LogP contribution in [-0.2, 0) is 0 Å². The largest absolute Gasteiger partial charge is 0.397 e. The monoisotopic (exact) mass is 265 g/mol. The number of anilines is 3. The molecule has 0 aromatic heterocycles. The van der Waals surface area contributed by atoms with Gasteiger partial charge in [-0.1, -0.05) is 26.0 Å². The Balaban J connectivity index is 2.35. The molecule has 2 aromatic carbocycles. The lowest BCUT2D eigenvalue weighted by Crippen LogP contribution is -1.99. The van der Waals surface area contributed by atoms with Crippen molar-refractivity contribution in [3.05, 3.63) is 53.1 Å². The van der Waals surface area contributed by atoms with Crippen molar-refractivity contribution in [2.75, 3.05) is 11.1 Å². The Bertz CT molecular complexity index is 666. The van der Waals surface area contributed by atoms with Crippen LogP contribution in [0, 0.1) is 18.3 Å². The van der Waals surface area contributed by atoms with E-state index in [1.54, 1.807) is 12.1 Å². The topological polar surface area (TPSA) is 61.8 Å². The highest BCUT2D eigenvalue weighted by Gasteiger charge is 2.06. The van der Waals surface area contributed by atoms with Gasteiger partial charge in [0.1, 0.15) is 0 Å². The van der Waals surface area contributed by atoms with Crippen molar-refractivity contribution in [1.82, 2.24) is 0 Å². The highest BCUT2D eigenvalue weighted by molar-refractivity contribution is 5.75. The summed E-state index contributed by atoms with van der Waals surface area (Å²) in [4.78, 5) is 0. The minimum absolute atomic E-state index is 0.481. The van der Waals surface area contributed by atoms with Gasteiger partial charge in [0.2, 0.25) is 0 Å². The number of nitrogens with one attached hydrogen (secondary N) is 1. The molecule has 2 aromatic rings. The van der Waals surface area contributed by atoms with E-state index in [0.29, 0.717) is 17.2 Å². The Morgan fingerprint density at radius 2 is 1.85 bits per heavy atom. The van der Waals surface area contributed by atoms with Gasteiger partial charge in [0.25, 0.3) is 0 Å². The average Bonchev–Trinajstić information content (AvgIpc) is 2.42. The van der Waals surface area contributed by atoms with Gasteiger partial charge in [0, 0.05) is 5.69 Å². The molecule has 0 aliphatic heterocycles. The van der Waals surface area contributed by atoms with Gasteiger partial charge >= 0.3 is 0 Å². The summed E-state index contributed by atoms with van der Waals surface area (Å²) < 4.78 is 0. The standard InChI is InChI=1S/C17H19N3/c1-11(2)14-6-4-12(3)17(9-14)20-16-7-5-13(10-18)8-15(16)19/h4-9,11,20H,19H2,1-3H3. The predicted molar refractivity (Wildman–Crippen MR) is 84.1 cm³/mol. The fourth-order valence-corrected chi connectivity index (χ4v) is 2.02. The summed E-state index contributed by atoms with van der Waals surface area (Å²) in [5.74, 6) is 0.481. The summed E-state index contributed by atoms with van der Waals surface area (Å²) in [6.07, 6.45) is 0. The fraction of sp³-hybridized carbons (Fsp3) is 0.235. The molecule has 0 aliphatic carbocycles. The first-order valence-electron chi connectivity index (χ1n) is 6.68. The van der Waals surface area contributed by atoms with Crippen LogP contribution in [0.25, 0.3) is 0 Å². The Hall–Kier alpha value is -2.47. The molecule has 20 heavy (non-hydrogen) atoms. The van der Waals surface area contributed by atoms with Crippen LogP contribution in [0.4, 0.5) is 17.1 Å². The van der Waals surface area contributed by atoms with Crippen LogP contribution in [0.5, 0.6) is 0 Å². The normalized spacial score (nSPS) is 10.3. The summed E-state index contributed by atoms with van der Waals surface area (Å²) in [6, 6.07) is 13.8. The zero-order valence-corrected chi connectivity index (χ0v) is 12.1. The summed E-state index contributed by atoms with van der Waals surface area (Å²) in [7, 11) is 0. The van der Waals surface area contributed by atoms with Gasteiger partial charge in [-0.3, -0.25) is 0 Å². The predicted octanol–water partition coefficient (Wildman–Crippen LogP) is 4.32. The number of hydrogen-bond donors (Lipinski definition) is 2. The number of benzene rings is 2. The van der Waals surface area contributed by atoms with Gasteiger partial charge in [-0.15, -0.1) is 0 Å². The second-order valence-electron chi connectivity index (χ2n) is 5.27. The molecule has 0 atom stereocenters. The lowest BCUT2D eigenvalue weighted by Gasteiger charge is -2.15. The van der Waals surface area contributed by atoms with E-state index in [4.69, 9.17) is 11.0 Å². The van der Waals surface area contributed by atoms with E-state index in [9.17, 15) is 0 Å². The second kappa shape index (κ2) is 5.66. The molecule has 0 radical (unpaired) electrons. The smallest absolute Gasteiger partial charge is 0.0992 e. The lowest BCUT2D eigenvalue weighted by molar-refractivity contribution is 0.866. The maximum atomic E-state index is 8.86. The molecule has 0 saturated carbocycles. The third-order valence-corrected chi connectivity index (χ3v) is 3.38. The van der Waals surface area contributed by atoms with Crippen LogP contribution in [0.3, 0.4) is 0 Å². The molecule has 0 saturated heterocycles. The number of nitriles is 1. The molecule has 0 aliphatic rings. The zero-order chi connectivity index (χ0) is 14.7. The van der Waals surface area contributed by atoms with Gasteiger partial charge in [-0.2, -0.15) is 5.26 Å². The fourth-order valence-electron chi connectivity index (χ4n) is 2.02. The molecule has 2 rings (SSSR count). The average molecular weight is 265 g/mol. The third-order valence-electron chi connectivity index (χ3n) is 3.38. The van der Waals surface area contributed by atoms with Crippen molar-refractivity contribution in [2.45, 2.75) is 26.7 Å². The summed E-state index contributed by atoms with van der Waals surface area (Å²) in [6.45, 7) is 6.40.